The van der Waals surface area contributed by atoms with E-state index in [0.717, 1.165) is 4.31 Å². The van der Waals surface area contributed by atoms with Crippen molar-refractivity contribution >= 4 is 31.9 Å². The van der Waals surface area contributed by atoms with Crippen LogP contribution in [-0.2, 0) is 21.4 Å². The third kappa shape index (κ3) is 3.95. The van der Waals surface area contributed by atoms with Crippen molar-refractivity contribution in [3.05, 3.63) is 40.0 Å². The molecule has 0 spiro atoms. The zero-order chi connectivity index (χ0) is 17.2. The van der Waals surface area contributed by atoms with Gasteiger partial charge < -0.3 is 9.26 Å². The van der Waals surface area contributed by atoms with Gasteiger partial charge in [-0.3, -0.25) is 0 Å². The van der Waals surface area contributed by atoms with Crippen LogP contribution in [0.1, 0.15) is 22.1 Å². The van der Waals surface area contributed by atoms with Crippen LogP contribution >= 0.6 is 15.9 Å². The van der Waals surface area contributed by atoms with Crippen LogP contribution in [0.15, 0.2) is 32.1 Å². The molecule has 1 heterocycles. The number of benzene rings is 1. The Balaban J connectivity index is 2.21. The lowest BCUT2D eigenvalue weighted by molar-refractivity contribution is 0.0429. The number of hydrogen-bond acceptors (Lipinski definition) is 7. The fourth-order valence-electron chi connectivity index (χ4n) is 1.63. The minimum absolute atomic E-state index is 0.0226. The van der Waals surface area contributed by atoms with E-state index < -0.39 is 16.0 Å². The predicted molar refractivity (Wildman–Crippen MR) is 83.2 cm³/mol. The van der Waals surface area contributed by atoms with Gasteiger partial charge in [0.25, 0.3) is 5.89 Å². The average molecular weight is 404 g/mol. The van der Waals surface area contributed by atoms with Crippen molar-refractivity contribution in [1.82, 2.24) is 14.4 Å². The largest absolute Gasteiger partial charge is 0.452 e. The van der Waals surface area contributed by atoms with Gasteiger partial charge in [-0.1, -0.05) is 5.16 Å². The van der Waals surface area contributed by atoms with Gasteiger partial charge in [-0.2, -0.15) is 4.98 Å². The summed E-state index contributed by atoms with van der Waals surface area (Å²) < 4.78 is 35.7. The predicted octanol–water partition coefficient (Wildman–Crippen LogP) is 1.75. The monoisotopic (exact) mass is 403 g/mol. The molecule has 23 heavy (non-hydrogen) atoms. The normalized spacial score (nSPS) is 11.7. The van der Waals surface area contributed by atoms with Crippen LogP contribution in [0.3, 0.4) is 0 Å². The Morgan fingerprint density at radius 3 is 2.65 bits per heavy atom. The third-order valence-corrected chi connectivity index (χ3v) is 5.63. The summed E-state index contributed by atoms with van der Waals surface area (Å²) in [7, 11) is -0.875. The first-order chi connectivity index (χ1) is 10.7. The standard InChI is InChI=1S/C13H14BrN3O5S/c1-8-15-12(22-16-8)7-21-13(18)9-4-5-10(14)11(6-9)23(19,20)17(2)3/h4-6H,7H2,1-3H3. The molecule has 1 aromatic carbocycles. The molecule has 8 nitrogen and oxygen atoms in total. The molecule has 0 atom stereocenters. The quantitative estimate of drug-likeness (QED) is 0.700. The molecule has 10 heteroatoms. The highest BCUT2D eigenvalue weighted by molar-refractivity contribution is 9.10. The minimum atomic E-state index is -3.69. The van der Waals surface area contributed by atoms with Gasteiger partial charge in [-0.05, 0) is 41.1 Å². The summed E-state index contributed by atoms with van der Waals surface area (Å²) in [4.78, 5) is 15.9. The second-order valence-electron chi connectivity index (χ2n) is 4.74. The summed E-state index contributed by atoms with van der Waals surface area (Å²) in [6.07, 6.45) is 0. The van der Waals surface area contributed by atoms with E-state index in [4.69, 9.17) is 9.26 Å². The van der Waals surface area contributed by atoms with Crippen LogP contribution in [-0.4, -0.2) is 42.9 Å². The number of nitrogens with zero attached hydrogens (tertiary/aromatic N) is 3. The smallest absolute Gasteiger partial charge is 0.338 e. The zero-order valence-electron chi connectivity index (χ0n) is 12.6. The Bertz CT molecular complexity index is 832. The van der Waals surface area contributed by atoms with Crippen LogP contribution in [0, 0.1) is 6.92 Å². The molecule has 0 saturated heterocycles. The fourth-order valence-corrected chi connectivity index (χ4v) is 3.48. The van der Waals surface area contributed by atoms with Crippen LogP contribution in [0.25, 0.3) is 0 Å². The molecule has 0 saturated carbocycles. The Labute approximate surface area is 141 Å². The van der Waals surface area contributed by atoms with E-state index in [1.165, 1.54) is 32.3 Å². The van der Waals surface area contributed by atoms with Gasteiger partial charge in [0.1, 0.15) is 0 Å². The molecule has 0 fully saturated rings. The van der Waals surface area contributed by atoms with E-state index in [1.807, 2.05) is 0 Å². The number of halogens is 1. The van der Waals surface area contributed by atoms with Crippen molar-refractivity contribution in [3.63, 3.8) is 0 Å². The van der Waals surface area contributed by atoms with Gasteiger partial charge in [0.2, 0.25) is 10.0 Å². The molecular formula is C13H14BrN3O5S. The first kappa shape index (κ1) is 17.6. The number of hydrogen-bond donors (Lipinski definition) is 0. The molecule has 0 N–H and O–H groups in total. The molecule has 0 aliphatic heterocycles. The second-order valence-corrected chi connectivity index (χ2v) is 7.72. The van der Waals surface area contributed by atoms with E-state index in [1.54, 1.807) is 6.92 Å². The van der Waals surface area contributed by atoms with Crippen LogP contribution < -0.4 is 0 Å². The van der Waals surface area contributed by atoms with Crippen molar-refractivity contribution in [3.8, 4) is 0 Å². The van der Waals surface area contributed by atoms with Gasteiger partial charge in [0, 0.05) is 18.6 Å². The number of carbonyl (C=O) groups is 1. The fraction of sp³-hybridized carbons (Fsp3) is 0.308. The van der Waals surface area contributed by atoms with Gasteiger partial charge >= 0.3 is 5.97 Å². The zero-order valence-corrected chi connectivity index (χ0v) is 15.0. The molecule has 0 bridgehead atoms. The number of aryl methyl sites for hydroxylation is 1. The number of ether oxygens (including phenoxy) is 1. The van der Waals surface area contributed by atoms with Crippen LogP contribution in [0.4, 0.5) is 0 Å². The number of esters is 1. The highest BCUT2D eigenvalue weighted by Crippen LogP contribution is 2.25. The van der Waals surface area contributed by atoms with E-state index >= 15 is 0 Å². The van der Waals surface area contributed by atoms with Gasteiger partial charge in [-0.25, -0.2) is 17.5 Å². The summed E-state index contributed by atoms with van der Waals surface area (Å²) in [6, 6.07) is 4.19. The molecule has 2 rings (SSSR count). The maximum atomic E-state index is 12.2. The van der Waals surface area contributed by atoms with Crippen molar-refractivity contribution in [2.24, 2.45) is 0 Å². The van der Waals surface area contributed by atoms with E-state index in [-0.39, 0.29) is 23.0 Å². The summed E-state index contributed by atoms with van der Waals surface area (Å²) in [6.45, 7) is 1.45. The van der Waals surface area contributed by atoms with Crippen molar-refractivity contribution in [2.75, 3.05) is 14.1 Å². The van der Waals surface area contributed by atoms with Crippen molar-refractivity contribution < 1.29 is 22.5 Å². The van der Waals surface area contributed by atoms with E-state index in [9.17, 15) is 13.2 Å². The molecule has 0 unspecified atom stereocenters. The lowest BCUT2D eigenvalue weighted by Gasteiger charge is -2.13. The maximum absolute atomic E-state index is 12.2. The van der Waals surface area contributed by atoms with Crippen LogP contribution in [0.2, 0.25) is 0 Å². The molecule has 0 aliphatic rings. The third-order valence-electron chi connectivity index (χ3n) is 2.82. The van der Waals surface area contributed by atoms with Crippen molar-refractivity contribution in [1.29, 1.82) is 0 Å². The average Bonchev–Trinajstić information content (AvgIpc) is 2.90. The number of rotatable bonds is 5. The molecule has 0 radical (unpaired) electrons. The van der Waals surface area contributed by atoms with E-state index in [2.05, 4.69) is 26.1 Å². The van der Waals surface area contributed by atoms with Gasteiger partial charge in [0.05, 0.1) is 10.5 Å². The van der Waals surface area contributed by atoms with Crippen LogP contribution in [0.5, 0.6) is 0 Å². The highest BCUT2D eigenvalue weighted by Gasteiger charge is 2.22. The lowest BCUT2D eigenvalue weighted by Crippen LogP contribution is -2.23. The summed E-state index contributed by atoms with van der Waals surface area (Å²) in [5.41, 5.74) is 0.102. The highest BCUT2D eigenvalue weighted by atomic mass is 79.9. The molecule has 124 valence electrons. The Morgan fingerprint density at radius 2 is 2.09 bits per heavy atom. The maximum Gasteiger partial charge on any atom is 0.338 e. The van der Waals surface area contributed by atoms with E-state index in [0.29, 0.717) is 10.3 Å². The molecule has 0 aliphatic carbocycles. The first-order valence-electron chi connectivity index (χ1n) is 6.40. The Kier molecular flexibility index (Phi) is 5.17. The SMILES string of the molecule is Cc1noc(COC(=O)c2ccc(Br)c(S(=O)(=O)N(C)C)c2)n1. The first-order valence-corrected chi connectivity index (χ1v) is 8.63. The van der Waals surface area contributed by atoms with Gasteiger partial charge in [0.15, 0.2) is 12.4 Å². The molecule has 0 amide bonds. The number of aromatic nitrogens is 2. The summed E-state index contributed by atoms with van der Waals surface area (Å²) in [5.74, 6) is -0.100. The summed E-state index contributed by atoms with van der Waals surface area (Å²) >= 11 is 3.17. The number of sulfonamides is 1. The minimum Gasteiger partial charge on any atom is -0.452 e. The van der Waals surface area contributed by atoms with Crippen molar-refractivity contribution in [2.45, 2.75) is 18.4 Å². The Morgan fingerprint density at radius 1 is 1.39 bits per heavy atom. The molecular weight excluding hydrogens is 390 g/mol. The molecule has 1 aromatic heterocycles. The molecule has 2 aromatic rings. The topological polar surface area (TPSA) is 103 Å². The Hall–Kier alpha value is -1.78. The lowest BCUT2D eigenvalue weighted by atomic mass is 10.2. The second kappa shape index (κ2) is 6.77. The number of carbonyl (C=O) groups excluding carboxylic acids is 1. The summed E-state index contributed by atoms with van der Waals surface area (Å²) in [5, 5.41) is 3.58. The van der Waals surface area contributed by atoms with Gasteiger partial charge in [-0.15, -0.1) is 0 Å².